The molecule has 6 nitrogen and oxygen atoms in total. The number of nitrogens with one attached hydrogen (secondary N) is 1. The van der Waals surface area contributed by atoms with Crippen molar-refractivity contribution in [3.63, 3.8) is 0 Å². The molecule has 0 radical (unpaired) electrons. The number of Topliss-reactive ketones (excluding diaryl/α,β-unsaturated/α-hetero) is 1. The highest BCUT2D eigenvalue weighted by atomic mass is 35.5. The van der Waals surface area contributed by atoms with Gasteiger partial charge in [-0.05, 0) is 61.1 Å². The summed E-state index contributed by atoms with van der Waals surface area (Å²) in [7, 11) is 1.47. The molecule has 0 fully saturated rings. The highest BCUT2D eigenvalue weighted by Crippen LogP contribution is 2.27. The molecule has 1 aliphatic rings. The van der Waals surface area contributed by atoms with E-state index in [1.165, 1.54) is 30.7 Å². The van der Waals surface area contributed by atoms with E-state index < -0.39 is 18.5 Å². The van der Waals surface area contributed by atoms with Gasteiger partial charge in [0.1, 0.15) is 5.75 Å². The fourth-order valence-electron chi connectivity index (χ4n) is 3.45. The molecular weight excluding hydrogens is 406 g/mol. The minimum absolute atomic E-state index is 0.0430. The Morgan fingerprint density at radius 2 is 1.77 bits per heavy atom. The Hall–Kier alpha value is -2.86. The third kappa shape index (κ3) is 5.83. The molecule has 7 heteroatoms. The molecule has 0 heterocycles. The molecular formula is C23H24ClNO5. The maximum atomic E-state index is 12.4. The number of methoxy groups -OCH3 is 1. The largest absolute Gasteiger partial charge is 0.495 e. The number of hydrogen-bond acceptors (Lipinski definition) is 5. The number of esters is 1. The Labute approximate surface area is 180 Å². The van der Waals surface area contributed by atoms with Crippen molar-refractivity contribution >= 4 is 34.9 Å². The monoisotopic (exact) mass is 429 g/mol. The number of fused-ring (bicyclic) bond motifs is 1. The number of anilines is 1. The van der Waals surface area contributed by atoms with Crippen molar-refractivity contribution in [2.45, 2.75) is 38.5 Å². The van der Waals surface area contributed by atoms with Crippen LogP contribution in [0, 0.1) is 0 Å². The molecule has 2 aromatic carbocycles. The van der Waals surface area contributed by atoms with E-state index in [1.54, 1.807) is 12.1 Å². The number of benzene rings is 2. The smallest absolute Gasteiger partial charge is 0.306 e. The van der Waals surface area contributed by atoms with Crippen LogP contribution in [0.25, 0.3) is 0 Å². The van der Waals surface area contributed by atoms with Crippen LogP contribution in [0.1, 0.15) is 47.2 Å². The zero-order chi connectivity index (χ0) is 21.5. The number of carbonyl (C=O) groups is 3. The second-order valence-electron chi connectivity index (χ2n) is 7.17. The summed E-state index contributed by atoms with van der Waals surface area (Å²) < 4.78 is 10.1. The summed E-state index contributed by atoms with van der Waals surface area (Å²) in [6.07, 6.45) is 4.33. The van der Waals surface area contributed by atoms with E-state index in [9.17, 15) is 14.4 Å². The second-order valence-corrected chi connectivity index (χ2v) is 7.60. The lowest BCUT2D eigenvalue weighted by molar-refractivity contribution is -0.147. The summed E-state index contributed by atoms with van der Waals surface area (Å²) in [5.41, 5.74) is 3.53. The van der Waals surface area contributed by atoms with Crippen molar-refractivity contribution in [1.82, 2.24) is 0 Å². The van der Waals surface area contributed by atoms with Gasteiger partial charge in [0, 0.05) is 17.0 Å². The van der Waals surface area contributed by atoms with Crippen LogP contribution in [-0.2, 0) is 27.2 Å². The summed E-state index contributed by atoms with van der Waals surface area (Å²) in [5.74, 6) is -0.789. The third-order valence-electron chi connectivity index (χ3n) is 5.03. The molecule has 1 amide bonds. The molecule has 0 bridgehead atoms. The zero-order valence-electron chi connectivity index (χ0n) is 16.8. The molecule has 30 heavy (non-hydrogen) atoms. The minimum atomic E-state index is -0.602. The van der Waals surface area contributed by atoms with E-state index in [0.717, 1.165) is 19.3 Å². The Bertz CT molecular complexity index is 957. The van der Waals surface area contributed by atoms with Crippen LogP contribution in [0.5, 0.6) is 5.75 Å². The first-order valence-electron chi connectivity index (χ1n) is 9.90. The van der Waals surface area contributed by atoms with Crippen LogP contribution in [0.3, 0.4) is 0 Å². The molecule has 2 aromatic rings. The molecule has 1 N–H and O–H groups in total. The fraction of sp³-hybridized carbons (Fsp3) is 0.348. The number of amides is 1. The van der Waals surface area contributed by atoms with E-state index >= 15 is 0 Å². The van der Waals surface area contributed by atoms with E-state index in [0.29, 0.717) is 22.0 Å². The summed E-state index contributed by atoms with van der Waals surface area (Å²) in [6, 6.07) is 10.6. The Balaban J connectivity index is 1.45. The maximum absolute atomic E-state index is 12.4. The molecule has 0 aliphatic heterocycles. The lowest BCUT2D eigenvalue weighted by Crippen LogP contribution is -2.21. The number of halogens is 1. The van der Waals surface area contributed by atoms with Gasteiger partial charge in [-0.1, -0.05) is 23.7 Å². The van der Waals surface area contributed by atoms with Crippen LogP contribution < -0.4 is 10.1 Å². The number of aryl methyl sites for hydroxylation is 2. The molecule has 0 saturated heterocycles. The quantitative estimate of drug-likeness (QED) is 0.497. The van der Waals surface area contributed by atoms with Crippen molar-refractivity contribution in [2.24, 2.45) is 0 Å². The molecule has 0 unspecified atom stereocenters. The van der Waals surface area contributed by atoms with Gasteiger partial charge in [-0.3, -0.25) is 14.4 Å². The predicted octanol–water partition coefficient (Wildman–Crippen LogP) is 4.37. The van der Waals surface area contributed by atoms with Crippen molar-refractivity contribution in [1.29, 1.82) is 0 Å². The fourth-order valence-corrected chi connectivity index (χ4v) is 3.62. The van der Waals surface area contributed by atoms with Crippen molar-refractivity contribution < 1.29 is 23.9 Å². The average Bonchev–Trinajstić information content (AvgIpc) is 2.76. The van der Waals surface area contributed by atoms with Crippen molar-refractivity contribution in [3.05, 3.63) is 58.1 Å². The van der Waals surface area contributed by atoms with E-state index in [2.05, 4.69) is 5.32 Å². The van der Waals surface area contributed by atoms with Gasteiger partial charge in [-0.15, -0.1) is 0 Å². The Morgan fingerprint density at radius 3 is 2.53 bits per heavy atom. The topological polar surface area (TPSA) is 81.7 Å². The second kappa shape index (κ2) is 10.3. The van der Waals surface area contributed by atoms with Crippen LogP contribution in [0.2, 0.25) is 5.02 Å². The van der Waals surface area contributed by atoms with Crippen LogP contribution in [0.4, 0.5) is 5.69 Å². The molecule has 0 aromatic heterocycles. The number of hydrogen-bond donors (Lipinski definition) is 1. The van der Waals surface area contributed by atoms with Gasteiger partial charge in [0.25, 0.3) is 5.91 Å². The zero-order valence-corrected chi connectivity index (χ0v) is 17.6. The Kier molecular flexibility index (Phi) is 7.46. The molecule has 3 rings (SSSR count). The van der Waals surface area contributed by atoms with Crippen molar-refractivity contribution in [2.75, 3.05) is 19.0 Å². The summed E-state index contributed by atoms with van der Waals surface area (Å²) in [6.45, 7) is -0.457. The lowest BCUT2D eigenvalue weighted by atomic mass is 9.89. The van der Waals surface area contributed by atoms with E-state index in [1.807, 2.05) is 18.2 Å². The Morgan fingerprint density at radius 1 is 1.00 bits per heavy atom. The predicted molar refractivity (Wildman–Crippen MR) is 114 cm³/mol. The van der Waals surface area contributed by atoms with Gasteiger partial charge >= 0.3 is 5.97 Å². The number of rotatable bonds is 8. The molecule has 0 spiro atoms. The summed E-state index contributed by atoms with van der Waals surface area (Å²) in [4.78, 5) is 36.4. The first-order chi connectivity index (χ1) is 14.5. The average molecular weight is 430 g/mol. The molecule has 0 saturated carbocycles. The van der Waals surface area contributed by atoms with Gasteiger partial charge in [-0.2, -0.15) is 0 Å². The van der Waals surface area contributed by atoms with E-state index in [4.69, 9.17) is 21.1 Å². The molecule has 158 valence electrons. The minimum Gasteiger partial charge on any atom is -0.495 e. The van der Waals surface area contributed by atoms with Gasteiger partial charge < -0.3 is 14.8 Å². The maximum Gasteiger partial charge on any atom is 0.306 e. The normalized spacial score (nSPS) is 12.6. The van der Waals surface area contributed by atoms with Crippen molar-refractivity contribution in [3.8, 4) is 5.75 Å². The van der Waals surface area contributed by atoms with Crippen LogP contribution >= 0.6 is 11.6 Å². The third-order valence-corrected chi connectivity index (χ3v) is 5.26. The molecule has 1 aliphatic carbocycles. The highest BCUT2D eigenvalue weighted by Gasteiger charge is 2.16. The van der Waals surface area contributed by atoms with Gasteiger partial charge in [0.2, 0.25) is 0 Å². The van der Waals surface area contributed by atoms with Gasteiger partial charge in [-0.25, -0.2) is 0 Å². The van der Waals surface area contributed by atoms with Gasteiger partial charge in [0.05, 0.1) is 19.2 Å². The lowest BCUT2D eigenvalue weighted by Gasteiger charge is -2.16. The highest BCUT2D eigenvalue weighted by molar-refractivity contribution is 6.31. The van der Waals surface area contributed by atoms with E-state index in [-0.39, 0.29) is 18.6 Å². The summed E-state index contributed by atoms with van der Waals surface area (Å²) in [5, 5.41) is 3.02. The standard InChI is InChI=1S/C23H24ClNO5/c1-29-21-10-8-18(24)13-19(21)25-22(27)14-30-23(28)11-9-20(26)17-7-6-15-4-2-3-5-16(15)12-17/h6-8,10,12-13H,2-5,9,11,14H2,1H3,(H,25,27). The SMILES string of the molecule is COc1ccc(Cl)cc1NC(=O)COC(=O)CCC(=O)c1ccc2c(c1)CCCC2. The first kappa shape index (κ1) is 21.8. The number of ketones is 1. The van der Waals surface area contributed by atoms with Crippen LogP contribution in [-0.4, -0.2) is 31.4 Å². The first-order valence-corrected chi connectivity index (χ1v) is 10.3. The number of carbonyl (C=O) groups excluding carboxylic acids is 3. The summed E-state index contributed by atoms with van der Waals surface area (Å²) >= 11 is 5.92. The number of ether oxygens (including phenoxy) is 2. The van der Waals surface area contributed by atoms with Crippen LogP contribution in [0.15, 0.2) is 36.4 Å². The molecule has 0 atom stereocenters. The van der Waals surface area contributed by atoms with Gasteiger partial charge in [0.15, 0.2) is 12.4 Å².